The number of piperidine rings is 1. The van der Waals surface area contributed by atoms with E-state index in [1.54, 1.807) is 11.8 Å². The molecule has 1 fully saturated rings. The Morgan fingerprint density at radius 1 is 1.14 bits per heavy atom. The zero-order chi connectivity index (χ0) is 15.7. The predicted octanol–water partition coefficient (Wildman–Crippen LogP) is 3.51. The molecule has 0 aromatic rings. The first-order valence-electron chi connectivity index (χ1n) is 8.15. The van der Waals surface area contributed by atoms with E-state index in [-0.39, 0.29) is 30.6 Å². The van der Waals surface area contributed by atoms with Crippen LogP contribution < -0.4 is 0 Å². The van der Waals surface area contributed by atoms with Crippen molar-refractivity contribution in [3.63, 3.8) is 0 Å². The zero-order valence-electron chi connectivity index (χ0n) is 13.6. The van der Waals surface area contributed by atoms with Crippen LogP contribution in [0, 0.1) is 0 Å². The SMILES string of the molecule is CCCCC[C@H]1CCC[C@H](CC(=O)OCC)N1C(=O)OC. The molecule has 1 aliphatic heterocycles. The first-order chi connectivity index (χ1) is 10.1. The lowest BCUT2D eigenvalue weighted by atomic mass is 9.91. The molecular weight excluding hydrogens is 270 g/mol. The average molecular weight is 299 g/mol. The van der Waals surface area contributed by atoms with Gasteiger partial charge in [-0.05, 0) is 32.6 Å². The van der Waals surface area contributed by atoms with E-state index in [1.807, 2.05) is 0 Å². The summed E-state index contributed by atoms with van der Waals surface area (Å²) in [6.07, 6.45) is 7.29. The highest BCUT2D eigenvalue weighted by Crippen LogP contribution is 2.29. The summed E-state index contributed by atoms with van der Waals surface area (Å²) in [5.41, 5.74) is 0. The fourth-order valence-corrected chi connectivity index (χ4v) is 3.10. The Hall–Kier alpha value is -1.26. The Morgan fingerprint density at radius 3 is 2.48 bits per heavy atom. The van der Waals surface area contributed by atoms with Gasteiger partial charge in [0.05, 0.1) is 20.1 Å². The highest BCUT2D eigenvalue weighted by atomic mass is 16.5. The summed E-state index contributed by atoms with van der Waals surface area (Å²) in [6.45, 7) is 4.34. The number of hydrogen-bond acceptors (Lipinski definition) is 4. The molecule has 0 bridgehead atoms. The number of carbonyl (C=O) groups is 2. The number of methoxy groups -OCH3 is 1. The van der Waals surface area contributed by atoms with Gasteiger partial charge in [0.1, 0.15) is 0 Å². The maximum absolute atomic E-state index is 12.1. The van der Waals surface area contributed by atoms with Crippen molar-refractivity contribution in [2.24, 2.45) is 0 Å². The summed E-state index contributed by atoms with van der Waals surface area (Å²) in [5, 5.41) is 0. The van der Waals surface area contributed by atoms with Crippen LogP contribution in [-0.4, -0.2) is 42.8 Å². The van der Waals surface area contributed by atoms with Crippen LogP contribution in [0.15, 0.2) is 0 Å². The third-order valence-corrected chi connectivity index (χ3v) is 4.10. The van der Waals surface area contributed by atoms with Crippen LogP contribution in [0.5, 0.6) is 0 Å². The first kappa shape index (κ1) is 17.8. The van der Waals surface area contributed by atoms with Gasteiger partial charge in [0.2, 0.25) is 0 Å². The summed E-state index contributed by atoms with van der Waals surface area (Å²) < 4.78 is 9.96. The molecule has 1 saturated heterocycles. The lowest BCUT2D eigenvalue weighted by Gasteiger charge is -2.41. The smallest absolute Gasteiger partial charge is 0.409 e. The molecule has 1 amide bonds. The molecule has 0 unspecified atom stereocenters. The van der Waals surface area contributed by atoms with Crippen LogP contribution in [0.25, 0.3) is 0 Å². The van der Waals surface area contributed by atoms with Crippen molar-refractivity contribution in [1.82, 2.24) is 4.90 Å². The van der Waals surface area contributed by atoms with Gasteiger partial charge in [-0.3, -0.25) is 4.79 Å². The van der Waals surface area contributed by atoms with E-state index in [4.69, 9.17) is 9.47 Å². The monoisotopic (exact) mass is 299 g/mol. The van der Waals surface area contributed by atoms with Crippen LogP contribution >= 0.6 is 0 Å². The van der Waals surface area contributed by atoms with Crippen LogP contribution in [0.1, 0.15) is 65.2 Å². The third-order valence-electron chi connectivity index (χ3n) is 4.10. The normalized spacial score (nSPS) is 22.0. The Balaban J connectivity index is 2.70. The molecule has 0 aromatic carbocycles. The molecule has 0 aliphatic carbocycles. The van der Waals surface area contributed by atoms with E-state index in [0.29, 0.717) is 6.61 Å². The zero-order valence-corrected chi connectivity index (χ0v) is 13.6. The summed E-state index contributed by atoms with van der Waals surface area (Å²) in [6, 6.07) is 0.106. The maximum atomic E-state index is 12.1. The topological polar surface area (TPSA) is 55.8 Å². The number of likely N-dealkylation sites (tertiary alicyclic amines) is 1. The second-order valence-corrected chi connectivity index (χ2v) is 5.62. The fraction of sp³-hybridized carbons (Fsp3) is 0.875. The van der Waals surface area contributed by atoms with Gasteiger partial charge >= 0.3 is 12.1 Å². The summed E-state index contributed by atoms with van der Waals surface area (Å²) >= 11 is 0. The molecule has 2 atom stereocenters. The van der Waals surface area contributed by atoms with Gasteiger partial charge in [-0.1, -0.05) is 26.2 Å². The average Bonchev–Trinajstić information content (AvgIpc) is 2.47. The van der Waals surface area contributed by atoms with Crippen molar-refractivity contribution in [1.29, 1.82) is 0 Å². The molecule has 5 nitrogen and oxygen atoms in total. The van der Waals surface area contributed by atoms with Crippen LogP contribution in [0.3, 0.4) is 0 Å². The van der Waals surface area contributed by atoms with Gasteiger partial charge in [0.25, 0.3) is 0 Å². The molecule has 5 heteroatoms. The van der Waals surface area contributed by atoms with Crippen LogP contribution in [-0.2, 0) is 14.3 Å². The molecule has 0 radical (unpaired) electrons. The Kier molecular flexibility index (Phi) is 8.16. The minimum absolute atomic E-state index is 0.0862. The standard InChI is InChI=1S/C16H29NO4/c1-4-6-7-9-13-10-8-11-14(12-15(18)21-5-2)17(13)16(19)20-3/h13-14H,4-12H2,1-3H3/t13-,14+/m0/s1. The van der Waals surface area contributed by atoms with Crippen molar-refractivity contribution in [2.75, 3.05) is 13.7 Å². The molecule has 0 aromatic heterocycles. The predicted molar refractivity (Wildman–Crippen MR) is 81.1 cm³/mol. The number of hydrogen-bond donors (Lipinski definition) is 0. The van der Waals surface area contributed by atoms with Crippen LogP contribution in [0.4, 0.5) is 4.79 Å². The third kappa shape index (κ3) is 5.56. The van der Waals surface area contributed by atoms with Gasteiger partial charge in [-0.25, -0.2) is 4.79 Å². The number of ether oxygens (including phenoxy) is 2. The van der Waals surface area contributed by atoms with Gasteiger partial charge < -0.3 is 14.4 Å². The second-order valence-electron chi connectivity index (χ2n) is 5.62. The van der Waals surface area contributed by atoms with Gasteiger partial charge in [-0.15, -0.1) is 0 Å². The van der Waals surface area contributed by atoms with Crippen molar-refractivity contribution in [2.45, 2.75) is 77.3 Å². The number of amides is 1. The van der Waals surface area contributed by atoms with E-state index >= 15 is 0 Å². The van der Waals surface area contributed by atoms with E-state index in [1.165, 1.54) is 13.5 Å². The van der Waals surface area contributed by atoms with Gasteiger partial charge in [-0.2, -0.15) is 0 Å². The first-order valence-corrected chi connectivity index (χ1v) is 8.15. The quantitative estimate of drug-likeness (QED) is 0.533. The molecule has 1 aliphatic rings. The Labute approximate surface area is 128 Å². The number of carbonyl (C=O) groups excluding carboxylic acids is 2. The van der Waals surface area contributed by atoms with E-state index in [0.717, 1.165) is 38.5 Å². The van der Waals surface area contributed by atoms with E-state index in [2.05, 4.69) is 6.92 Å². The second kappa shape index (κ2) is 9.64. The molecular formula is C16H29NO4. The minimum Gasteiger partial charge on any atom is -0.466 e. The van der Waals surface area contributed by atoms with Crippen molar-refractivity contribution in [3.8, 4) is 0 Å². The maximum Gasteiger partial charge on any atom is 0.409 e. The molecule has 0 saturated carbocycles. The fourth-order valence-electron chi connectivity index (χ4n) is 3.10. The summed E-state index contributed by atoms with van der Waals surface area (Å²) in [4.78, 5) is 25.6. The van der Waals surface area contributed by atoms with Crippen LogP contribution in [0.2, 0.25) is 0 Å². The molecule has 21 heavy (non-hydrogen) atoms. The highest BCUT2D eigenvalue weighted by Gasteiger charge is 2.35. The van der Waals surface area contributed by atoms with E-state index < -0.39 is 0 Å². The molecule has 1 rings (SSSR count). The van der Waals surface area contributed by atoms with Gasteiger partial charge in [0.15, 0.2) is 0 Å². The summed E-state index contributed by atoms with van der Waals surface area (Å²) in [5.74, 6) is -0.231. The Bertz CT molecular complexity index is 332. The van der Waals surface area contributed by atoms with Crippen molar-refractivity contribution < 1.29 is 19.1 Å². The number of unbranched alkanes of at least 4 members (excludes halogenated alkanes) is 2. The molecule has 0 N–H and O–H groups in total. The lowest BCUT2D eigenvalue weighted by Crippen LogP contribution is -2.50. The van der Waals surface area contributed by atoms with Crippen molar-refractivity contribution in [3.05, 3.63) is 0 Å². The lowest BCUT2D eigenvalue weighted by molar-refractivity contribution is -0.144. The molecule has 1 heterocycles. The largest absolute Gasteiger partial charge is 0.466 e. The highest BCUT2D eigenvalue weighted by molar-refractivity contribution is 5.73. The minimum atomic E-state index is -0.314. The number of esters is 1. The molecule has 122 valence electrons. The Morgan fingerprint density at radius 2 is 1.86 bits per heavy atom. The number of nitrogens with zero attached hydrogens (tertiary/aromatic N) is 1. The van der Waals surface area contributed by atoms with Crippen molar-refractivity contribution >= 4 is 12.1 Å². The van der Waals surface area contributed by atoms with E-state index in [9.17, 15) is 9.59 Å². The summed E-state index contributed by atoms with van der Waals surface area (Å²) in [7, 11) is 1.40. The van der Waals surface area contributed by atoms with Gasteiger partial charge in [0, 0.05) is 12.1 Å². The molecule has 0 spiro atoms. The number of rotatable bonds is 7.